The van der Waals surface area contributed by atoms with Crippen LogP contribution in [0, 0.1) is 0 Å². The second-order valence-corrected chi connectivity index (χ2v) is 4.56. The lowest BCUT2D eigenvalue weighted by Gasteiger charge is -2.17. The van der Waals surface area contributed by atoms with Gasteiger partial charge in [-0.05, 0) is 25.0 Å². The molecule has 1 aromatic carbocycles. The number of nitrogens with zero attached hydrogens (tertiary/aromatic N) is 1. The van der Waals surface area contributed by atoms with Crippen LogP contribution in [0.2, 0.25) is 0 Å². The molecule has 1 aromatic rings. The van der Waals surface area contributed by atoms with Crippen molar-refractivity contribution in [2.24, 2.45) is 0 Å². The zero-order chi connectivity index (χ0) is 12.8. The summed E-state index contributed by atoms with van der Waals surface area (Å²) in [5, 5.41) is 8.82. The topological polar surface area (TPSA) is 41.9 Å². The van der Waals surface area contributed by atoms with Crippen LogP contribution in [-0.2, 0) is 0 Å². The first-order valence-corrected chi connectivity index (χ1v) is 6.46. The Morgan fingerprint density at radius 2 is 2.11 bits per heavy atom. The van der Waals surface area contributed by atoms with E-state index in [1.165, 1.54) is 0 Å². The summed E-state index contributed by atoms with van der Waals surface area (Å²) in [5.41, 5.74) is 0. The van der Waals surface area contributed by atoms with Crippen LogP contribution in [0.15, 0.2) is 24.3 Å². The second kappa shape index (κ2) is 6.61. The van der Waals surface area contributed by atoms with Crippen LogP contribution in [0.25, 0.3) is 0 Å². The average Bonchev–Trinajstić information content (AvgIpc) is 2.84. The Morgan fingerprint density at radius 1 is 1.33 bits per heavy atom. The first kappa shape index (κ1) is 13.2. The molecule has 0 aliphatic carbocycles. The molecule has 0 bridgehead atoms. The fourth-order valence-electron chi connectivity index (χ4n) is 2.29. The molecule has 0 radical (unpaired) electrons. The van der Waals surface area contributed by atoms with Crippen molar-refractivity contribution in [3.8, 4) is 11.5 Å². The van der Waals surface area contributed by atoms with Gasteiger partial charge in [-0.1, -0.05) is 12.1 Å². The van der Waals surface area contributed by atoms with E-state index in [0.717, 1.165) is 44.0 Å². The van der Waals surface area contributed by atoms with Crippen LogP contribution in [0.4, 0.5) is 0 Å². The molecule has 1 atom stereocenters. The highest BCUT2D eigenvalue weighted by Crippen LogP contribution is 2.28. The SMILES string of the molecule is COc1ccccc1OC1CCN(CCCO)C1. The molecule has 1 N–H and O–H groups in total. The van der Waals surface area contributed by atoms with Gasteiger partial charge in [-0.3, -0.25) is 4.90 Å². The van der Waals surface area contributed by atoms with Gasteiger partial charge in [0.15, 0.2) is 11.5 Å². The number of ether oxygens (including phenoxy) is 2. The molecule has 1 aliphatic rings. The number of rotatable bonds is 6. The molecular formula is C14H21NO3. The number of benzene rings is 1. The molecule has 2 rings (SSSR count). The Labute approximate surface area is 108 Å². The fourth-order valence-corrected chi connectivity index (χ4v) is 2.29. The summed E-state index contributed by atoms with van der Waals surface area (Å²) in [6, 6.07) is 7.74. The Bertz CT molecular complexity index is 370. The van der Waals surface area contributed by atoms with Gasteiger partial charge in [0.2, 0.25) is 0 Å². The third kappa shape index (κ3) is 3.37. The first-order chi connectivity index (χ1) is 8.83. The maximum Gasteiger partial charge on any atom is 0.161 e. The molecule has 4 heteroatoms. The zero-order valence-corrected chi connectivity index (χ0v) is 10.8. The summed E-state index contributed by atoms with van der Waals surface area (Å²) in [4.78, 5) is 2.33. The van der Waals surface area contributed by atoms with Gasteiger partial charge >= 0.3 is 0 Å². The third-order valence-electron chi connectivity index (χ3n) is 3.22. The second-order valence-electron chi connectivity index (χ2n) is 4.56. The van der Waals surface area contributed by atoms with E-state index in [-0.39, 0.29) is 12.7 Å². The highest BCUT2D eigenvalue weighted by Gasteiger charge is 2.24. The number of hydrogen-bond acceptors (Lipinski definition) is 4. The van der Waals surface area contributed by atoms with Crippen LogP contribution in [0.5, 0.6) is 11.5 Å². The third-order valence-corrected chi connectivity index (χ3v) is 3.22. The van der Waals surface area contributed by atoms with E-state index in [1.54, 1.807) is 7.11 Å². The first-order valence-electron chi connectivity index (χ1n) is 6.46. The maximum absolute atomic E-state index is 8.82. The molecule has 100 valence electrons. The van der Waals surface area contributed by atoms with E-state index in [1.807, 2.05) is 24.3 Å². The lowest BCUT2D eigenvalue weighted by Crippen LogP contribution is -2.26. The molecule has 1 aliphatic heterocycles. The van der Waals surface area contributed by atoms with E-state index >= 15 is 0 Å². The van der Waals surface area contributed by atoms with Crippen molar-refractivity contribution in [1.82, 2.24) is 4.90 Å². The van der Waals surface area contributed by atoms with Gasteiger partial charge < -0.3 is 14.6 Å². The molecule has 0 spiro atoms. The van der Waals surface area contributed by atoms with Crippen LogP contribution >= 0.6 is 0 Å². The van der Waals surface area contributed by atoms with Gasteiger partial charge in [0.25, 0.3) is 0 Å². The summed E-state index contributed by atoms with van der Waals surface area (Å²) in [7, 11) is 1.66. The molecule has 1 fully saturated rings. The monoisotopic (exact) mass is 251 g/mol. The normalized spacial score (nSPS) is 20.0. The Hall–Kier alpha value is -1.26. The standard InChI is InChI=1S/C14H21NO3/c1-17-13-5-2-3-6-14(13)18-12-7-9-15(11-12)8-4-10-16/h2-3,5-6,12,16H,4,7-11H2,1H3. The highest BCUT2D eigenvalue weighted by molar-refractivity contribution is 5.39. The van der Waals surface area contributed by atoms with Gasteiger partial charge in [-0.2, -0.15) is 0 Å². The summed E-state index contributed by atoms with van der Waals surface area (Å²) in [5.74, 6) is 1.60. The molecule has 0 amide bonds. The van der Waals surface area contributed by atoms with Crippen LogP contribution < -0.4 is 9.47 Å². The maximum atomic E-state index is 8.82. The molecular weight excluding hydrogens is 230 g/mol. The van der Waals surface area contributed by atoms with E-state index in [9.17, 15) is 0 Å². The van der Waals surface area contributed by atoms with Crippen LogP contribution in [-0.4, -0.2) is 49.5 Å². The Morgan fingerprint density at radius 3 is 2.83 bits per heavy atom. The smallest absolute Gasteiger partial charge is 0.161 e. The van der Waals surface area contributed by atoms with Crippen LogP contribution in [0.1, 0.15) is 12.8 Å². The van der Waals surface area contributed by atoms with Crippen molar-refractivity contribution in [1.29, 1.82) is 0 Å². The fraction of sp³-hybridized carbons (Fsp3) is 0.571. The summed E-state index contributed by atoms with van der Waals surface area (Å²) < 4.78 is 11.3. The minimum atomic E-state index is 0.222. The molecule has 18 heavy (non-hydrogen) atoms. The van der Waals surface area contributed by atoms with Crippen molar-refractivity contribution in [2.45, 2.75) is 18.9 Å². The average molecular weight is 251 g/mol. The number of aliphatic hydroxyl groups is 1. The van der Waals surface area contributed by atoms with Gasteiger partial charge in [0, 0.05) is 26.2 Å². The molecule has 4 nitrogen and oxygen atoms in total. The minimum Gasteiger partial charge on any atom is -0.493 e. The number of methoxy groups -OCH3 is 1. The number of likely N-dealkylation sites (tertiary alicyclic amines) is 1. The van der Waals surface area contributed by atoms with E-state index < -0.39 is 0 Å². The predicted octanol–water partition coefficient (Wildman–Crippen LogP) is 1.53. The lowest BCUT2D eigenvalue weighted by molar-refractivity contribution is 0.186. The molecule has 0 aromatic heterocycles. The Balaban J connectivity index is 1.87. The largest absolute Gasteiger partial charge is 0.493 e. The van der Waals surface area contributed by atoms with E-state index in [2.05, 4.69) is 4.90 Å². The van der Waals surface area contributed by atoms with Crippen molar-refractivity contribution in [3.05, 3.63) is 24.3 Å². The summed E-state index contributed by atoms with van der Waals surface area (Å²) in [6.07, 6.45) is 2.09. The quantitative estimate of drug-likeness (QED) is 0.832. The summed E-state index contributed by atoms with van der Waals surface area (Å²) in [6.45, 7) is 3.18. The lowest BCUT2D eigenvalue weighted by atomic mass is 10.3. The van der Waals surface area contributed by atoms with Crippen LogP contribution in [0.3, 0.4) is 0 Å². The Kier molecular flexibility index (Phi) is 4.84. The zero-order valence-electron chi connectivity index (χ0n) is 10.8. The van der Waals surface area contributed by atoms with Gasteiger partial charge in [0.1, 0.15) is 6.10 Å². The molecule has 1 unspecified atom stereocenters. The van der Waals surface area contributed by atoms with Crippen molar-refractivity contribution in [2.75, 3.05) is 33.4 Å². The summed E-state index contributed by atoms with van der Waals surface area (Å²) >= 11 is 0. The molecule has 1 saturated heterocycles. The predicted molar refractivity (Wildman–Crippen MR) is 70.2 cm³/mol. The minimum absolute atomic E-state index is 0.222. The van der Waals surface area contributed by atoms with Crippen molar-refractivity contribution in [3.63, 3.8) is 0 Å². The van der Waals surface area contributed by atoms with Gasteiger partial charge in [-0.15, -0.1) is 0 Å². The molecule has 1 heterocycles. The highest BCUT2D eigenvalue weighted by atomic mass is 16.5. The van der Waals surface area contributed by atoms with Crippen molar-refractivity contribution >= 4 is 0 Å². The number of para-hydroxylation sites is 2. The van der Waals surface area contributed by atoms with Gasteiger partial charge in [0.05, 0.1) is 7.11 Å². The van der Waals surface area contributed by atoms with E-state index in [4.69, 9.17) is 14.6 Å². The number of hydrogen-bond donors (Lipinski definition) is 1. The number of aliphatic hydroxyl groups excluding tert-OH is 1. The van der Waals surface area contributed by atoms with Crippen molar-refractivity contribution < 1.29 is 14.6 Å². The van der Waals surface area contributed by atoms with Gasteiger partial charge in [-0.25, -0.2) is 0 Å². The van der Waals surface area contributed by atoms with E-state index in [0.29, 0.717) is 0 Å². The molecule has 0 saturated carbocycles.